The molecular weight excluding hydrogens is 300 g/mol. The van der Waals surface area contributed by atoms with Gasteiger partial charge in [-0.1, -0.05) is 0 Å². The molecule has 2 saturated carbocycles. The van der Waals surface area contributed by atoms with Gasteiger partial charge in [0.2, 0.25) is 0 Å². The fourth-order valence-electron chi connectivity index (χ4n) is 3.89. The Kier molecular flexibility index (Phi) is 4.05. The molecular formula is C17H24O6. The highest BCUT2D eigenvalue weighted by Gasteiger charge is 2.46. The quantitative estimate of drug-likeness (QED) is 0.564. The summed E-state index contributed by atoms with van der Waals surface area (Å²) in [5.74, 6) is -0.520. The minimum absolute atomic E-state index is 0.142. The first kappa shape index (κ1) is 15.4. The fraction of sp³-hybridized carbons (Fsp3) is 0.882. The molecule has 23 heavy (non-hydrogen) atoms. The van der Waals surface area contributed by atoms with Gasteiger partial charge in [-0.05, 0) is 51.4 Å². The third-order valence-electron chi connectivity index (χ3n) is 5.54. The Morgan fingerprint density at radius 3 is 2.39 bits per heavy atom. The Labute approximate surface area is 135 Å². The van der Waals surface area contributed by atoms with Crippen molar-refractivity contribution in [3.8, 4) is 0 Å². The van der Waals surface area contributed by atoms with Crippen molar-refractivity contribution >= 4 is 11.9 Å². The molecule has 2 aliphatic heterocycles. The molecule has 6 heteroatoms. The van der Waals surface area contributed by atoms with Gasteiger partial charge in [-0.25, -0.2) is 4.79 Å². The zero-order valence-corrected chi connectivity index (χ0v) is 13.4. The molecule has 2 saturated heterocycles. The Morgan fingerprint density at radius 2 is 1.70 bits per heavy atom. The maximum absolute atomic E-state index is 12.1. The molecule has 128 valence electrons. The van der Waals surface area contributed by atoms with E-state index in [1.54, 1.807) is 6.92 Å². The summed E-state index contributed by atoms with van der Waals surface area (Å²) in [4.78, 5) is 24.1. The molecule has 2 aliphatic carbocycles. The summed E-state index contributed by atoms with van der Waals surface area (Å²) in [6, 6.07) is 0. The van der Waals surface area contributed by atoms with Crippen molar-refractivity contribution in [1.29, 1.82) is 0 Å². The maximum atomic E-state index is 12.1. The SMILES string of the molecule is CC(OC(=O)C1CCC2OC2C1)C(=O)OCC1CCC2OC2C1. The Balaban J connectivity index is 1.18. The van der Waals surface area contributed by atoms with Gasteiger partial charge in [0.25, 0.3) is 0 Å². The summed E-state index contributed by atoms with van der Waals surface area (Å²) in [6.07, 6.45) is 6.05. The number of fused-ring (bicyclic) bond motifs is 2. The lowest BCUT2D eigenvalue weighted by atomic mass is 9.89. The predicted octanol–water partition coefficient (Wildman–Crippen LogP) is 1.60. The molecule has 0 radical (unpaired) electrons. The van der Waals surface area contributed by atoms with Crippen molar-refractivity contribution < 1.29 is 28.5 Å². The van der Waals surface area contributed by atoms with E-state index in [0.717, 1.165) is 38.5 Å². The number of esters is 2. The Morgan fingerprint density at radius 1 is 1.00 bits per heavy atom. The first-order chi connectivity index (χ1) is 11.1. The Bertz CT molecular complexity index is 491. The first-order valence-corrected chi connectivity index (χ1v) is 8.78. The summed E-state index contributed by atoms with van der Waals surface area (Å²) in [6.45, 7) is 1.98. The van der Waals surface area contributed by atoms with Gasteiger partial charge in [0, 0.05) is 0 Å². The second-order valence-corrected chi connectivity index (χ2v) is 7.32. The van der Waals surface area contributed by atoms with E-state index >= 15 is 0 Å². The first-order valence-electron chi connectivity index (χ1n) is 8.78. The van der Waals surface area contributed by atoms with Gasteiger partial charge < -0.3 is 18.9 Å². The molecule has 2 heterocycles. The maximum Gasteiger partial charge on any atom is 0.347 e. The van der Waals surface area contributed by atoms with Crippen LogP contribution < -0.4 is 0 Å². The molecule has 4 fully saturated rings. The van der Waals surface area contributed by atoms with Crippen LogP contribution in [-0.2, 0) is 28.5 Å². The minimum atomic E-state index is -0.839. The van der Waals surface area contributed by atoms with Gasteiger partial charge >= 0.3 is 11.9 Å². The number of hydrogen-bond acceptors (Lipinski definition) is 6. The van der Waals surface area contributed by atoms with Gasteiger partial charge in [0.15, 0.2) is 6.10 Å². The van der Waals surface area contributed by atoms with Crippen molar-refractivity contribution in [1.82, 2.24) is 0 Å². The summed E-state index contributed by atoms with van der Waals surface area (Å²) < 4.78 is 21.5. The van der Waals surface area contributed by atoms with Gasteiger partial charge in [-0.15, -0.1) is 0 Å². The highest BCUT2D eigenvalue weighted by Crippen LogP contribution is 2.40. The van der Waals surface area contributed by atoms with Crippen LogP contribution in [0.3, 0.4) is 0 Å². The summed E-state index contributed by atoms with van der Waals surface area (Å²) in [5.41, 5.74) is 0. The fourth-order valence-corrected chi connectivity index (χ4v) is 3.89. The van der Waals surface area contributed by atoms with E-state index in [2.05, 4.69) is 0 Å². The van der Waals surface area contributed by atoms with Gasteiger partial charge in [-0.3, -0.25) is 4.79 Å². The van der Waals surface area contributed by atoms with Crippen LogP contribution in [0.1, 0.15) is 45.4 Å². The Hall–Kier alpha value is -1.14. The van der Waals surface area contributed by atoms with Gasteiger partial charge in [0.1, 0.15) is 0 Å². The molecule has 4 aliphatic rings. The third kappa shape index (κ3) is 3.53. The van der Waals surface area contributed by atoms with Crippen LogP contribution in [-0.4, -0.2) is 49.1 Å². The number of carbonyl (C=O) groups is 2. The number of carbonyl (C=O) groups excluding carboxylic acids is 2. The zero-order valence-electron chi connectivity index (χ0n) is 13.4. The van der Waals surface area contributed by atoms with Crippen LogP contribution in [0, 0.1) is 11.8 Å². The normalized spacial score (nSPS) is 42.0. The average molecular weight is 324 g/mol. The molecule has 0 amide bonds. The van der Waals surface area contributed by atoms with E-state index < -0.39 is 12.1 Å². The number of hydrogen-bond donors (Lipinski definition) is 0. The lowest BCUT2D eigenvalue weighted by Gasteiger charge is -2.22. The number of epoxide rings is 2. The van der Waals surface area contributed by atoms with Gasteiger partial charge in [0.05, 0.1) is 36.9 Å². The highest BCUT2D eigenvalue weighted by atomic mass is 16.6. The van der Waals surface area contributed by atoms with E-state index in [9.17, 15) is 9.59 Å². The lowest BCUT2D eigenvalue weighted by molar-refractivity contribution is -0.170. The van der Waals surface area contributed by atoms with Crippen molar-refractivity contribution in [3.05, 3.63) is 0 Å². The van der Waals surface area contributed by atoms with E-state index in [4.69, 9.17) is 18.9 Å². The smallest absolute Gasteiger partial charge is 0.347 e. The molecule has 0 aromatic heterocycles. The van der Waals surface area contributed by atoms with Crippen LogP contribution >= 0.6 is 0 Å². The largest absolute Gasteiger partial charge is 0.463 e. The molecule has 7 unspecified atom stereocenters. The average Bonchev–Trinajstić information content (AvgIpc) is 3.44. The summed E-state index contributed by atoms with van der Waals surface area (Å²) >= 11 is 0. The third-order valence-corrected chi connectivity index (χ3v) is 5.54. The van der Waals surface area contributed by atoms with Crippen molar-refractivity contribution in [2.24, 2.45) is 11.8 Å². The van der Waals surface area contributed by atoms with Crippen LogP contribution in [0.4, 0.5) is 0 Å². The predicted molar refractivity (Wildman–Crippen MR) is 78.5 cm³/mol. The van der Waals surface area contributed by atoms with Gasteiger partial charge in [-0.2, -0.15) is 0 Å². The van der Waals surface area contributed by atoms with E-state index in [1.165, 1.54) is 0 Å². The monoisotopic (exact) mass is 324 g/mol. The topological polar surface area (TPSA) is 77.7 Å². The molecule has 0 bridgehead atoms. The van der Waals surface area contributed by atoms with E-state index in [0.29, 0.717) is 30.8 Å². The molecule has 7 atom stereocenters. The second-order valence-electron chi connectivity index (χ2n) is 7.32. The van der Waals surface area contributed by atoms with Crippen LogP contribution in [0.5, 0.6) is 0 Å². The molecule has 4 rings (SSSR count). The van der Waals surface area contributed by atoms with Crippen molar-refractivity contribution in [2.75, 3.05) is 6.61 Å². The molecule has 6 nitrogen and oxygen atoms in total. The highest BCUT2D eigenvalue weighted by molar-refractivity contribution is 5.80. The molecule has 0 spiro atoms. The molecule has 0 aromatic carbocycles. The molecule has 0 N–H and O–H groups in total. The lowest BCUT2D eigenvalue weighted by Crippen LogP contribution is -2.32. The van der Waals surface area contributed by atoms with Crippen LogP contribution in [0.15, 0.2) is 0 Å². The summed E-state index contributed by atoms with van der Waals surface area (Å²) in [5, 5.41) is 0. The summed E-state index contributed by atoms with van der Waals surface area (Å²) in [7, 11) is 0. The standard InChI is InChI=1S/C17H24O6/c1-9(21-17(19)11-3-5-13-15(7-11)23-13)16(18)20-8-10-2-4-12-14(6-10)22-12/h9-15H,2-8H2,1H3. The zero-order chi connectivity index (χ0) is 16.0. The number of ether oxygens (including phenoxy) is 4. The van der Waals surface area contributed by atoms with Crippen molar-refractivity contribution in [2.45, 2.75) is 76.0 Å². The van der Waals surface area contributed by atoms with E-state index in [1.807, 2.05) is 0 Å². The minimum Gasteiger partial charge on any atom is -0.463 e. The van der Waals surface area contributed by atoms with Crippen molar-refractivity contribution in [3.63, 3.8) is 0 Å². The second kappa shape index (κ2) is 6.06. The number of rotatable bonds is 5. The molecule has 0 aromatic rings. The van der Waals surface area contributed by atoms with E-state index in [-0.39, 0.29) is 18.0 Å². The van der Waals surface area contributed by atoms with Crippen LogP contribution in [0.2, 0.25) is 0 Å². The van der Waals surface area contributed by atoms with Crippen LogP contribution in [0.25, 0.3) is 0 Å².